The molecule has 1 fully saturated rings. The molecule has 0 saturated carbocycles. The quantitative estimate of drug-likeness (QED) is 0.331. The Morgan fingerprint density at radius 3 is 2.33 bits per heavy atom. The molecule has 1 amide bonds. The third-order valence-electron chi connectivity index (χ3n) is 5.55. The summed E-state index contributed by atoms with van der Waals surface area (Å²) in [5, 5.41) is 21.5. The minimum atomic E-state index is -0.966. The molecule has 0 spiro atoms. The number of aryl methyl sites for hydroxylation is 2. The fourth-order valence-electron chi connectivity index (χ4n) is 3.67. The Labute approximate surface area is 194 Å². The number of aromatic nitrogens is 1. The molecule has 1 aromatic heterocycles. The van der Waals surface area contributed by atoms with E-state index in [1.807, 2.05) is 13.8 Å². The number of thiazole rings is 1. The summed E-state index contributed by atoms with van der Waals surface area (Å²) in [6.07, 6.45) is 0. The summed E-state index contributed by atoms with van der Waals surface area (Å²) in [7, 11) is 2.93. The van der Waals surface area contributed by atoms with Gasteiger partial charge in [0, 0.05) is 10.4 Å². The van der Waals surface area contributed by atoms with Gasteiger partial charge in [-0.3, -0.25) is 14.5 Å². The number of aliphatic hydroxyl groups is 1. The number of carbonyl (C=O) groups excluding carboxylic acids is 2. The molecule has 2 N–H and O–H groups in total. The van der Waals surface area contributed by atoms with Gasteiger partial charge in [-0.15, -0.1) is 11.3 Å². The lowest BCUT2D eigenvalue weighted by atomic mass is 9.95. The molecular weight excluding hydrogens is 444 g/mol. The molecule has 170 valence electrons. The van der Waals surface area contributed by atoms with Gasteiger partial charge in [-0.05, 0) is 55.8 Å². The lowest BCUT2D eigenvalue weighted by molar-refractivity contribution is -0.132. The van der Waals surface area contributed by atoms with E-state index in [2.05, 4.69) is 4.98 Å². The highest BCUT2D eigenvalue weighted by Crippen LogP contribution is 2.45. The number of aromatic hydroxyl groups is 1. The van der Waals surface area contributed by atoms with Crippen LogP contribution in [0, 0.1) is 13.8 Å². The first-order chi connectivity index (χ1) is 15.8. The van der Waals surface area contributed by atoms with Gasteiger partial charge in [0.1, 0.15) is 11.5 Å². The fourth-order valence-corrected chi connectivity index (χ4v) is 4.61. The second kappa shape index (κ2) is 8.59. The van der Waals surface area contributed by atoms with Crippen molar-refractivity contribution in [3.63, 3.8) is 0 Å². The van der Waals surface area contributed by atoms with Crippen molar-refractivity contribution in [1.29, 1.82) is 0 Å². The van der Waals surface area contributed by atoms with Gasteiger partial charge in [0.25, 0.3) is 5.78 Å². The van der Waals surface area contributed by atoms with Crippen LogP contribution in [0.2, 0.25) is 0 Å². The number of anilines is 1. The SMILES string of the molecule is COc1ccc(/C(O)=C2/C(=O)C(=O)N(c3nc(C)c(C)s3)C2c2ccc(O)c(OC)c2)cc1. The smallest absolute Gasteiger partial charge is 0.301 e. The van der Waals surface area contributed by atoms with Crippen LogP contribution >= 0.6 is 11.3 Å². The van der Waals surface area contributed by atoms with Crippen LogP contribution in [0.25, 0.3) is 5.76 Å². The minimum Gasteiger partial charge on any atom is -0.507 e. The summed E-state index contributed by atoms with van der Waals surface area (Å²) in [5.74, 6) is -1.27. The first kappa shape index (κ1) is 22.3. The third kappa shape index (κ3) is 3.80. The summed E-state index contributed by atoms with van der Waals surface area (Å²) in [5.41, 5.74) is 1.50. The van der Waals surface area contributed by atoms with Crippen molar-refractivity contribution in [3.8, 4) is 17.2 Å². The van der Waals surface area contributed by atoms with Crippen LogP contribution in [0.1, 0.15) is 27.7 Å². The van der Waals surface area contributed by atoms with Gasteiger partial charge >= 0.3 is 5.91 Å². The Morgan fingerprint density at radius 2 is 1.76 bits per heavy atom. The van der Waals surface area contributed by atoms with Gasteiger partial charge in [-0.2, -0.15) is 0 Å². The van der Waals surface area contributed by atoms with E-state index in [-0.39, 0.29) is 22.8 Å². The zero-order valence-corrected chi connectivity index (χ0v) is 19.3. The van der Waals surface area contributed by atoms with Crippen LogP contribution in [0.4, 0.5) is 5.13 Å². The molecule has 1 aliphatic rings. The summed E-state index contributed by atoms with van der Waals surface area (Å²) in [6.45, 7) is 3.70. The van der Waals surface area contributed by atoms with Gasteiger partial charge in [-0.25, -0.2) is 4.98 Å². The molecule has 1 atom stereocenters. The summed E-state index contributed by atoms with van der Waals surface area (Å²) < 4.78 is 10.4. The van der Waals surface area contributed by atoms with Crippen LogP contribution in [-0.2, 0) is 9.59 Å². The zero-order valence-electron chi connectivity index (χ0n) is 18.4. The fraction of sp³-hybridized carbons (Fsp3) is 0.208. The number of benzene rings is 2. The van der Waals surface area contributed by atoms with Gasteiger partial charge in [0.2, 0.25) is 0 Å². The van der Waals surface area contributed by atoms with E-state index in [0.717, 1.165) is 10.6 Å². The van der Waals surface area contributed by atoms with Crippen LogP contribution in [0.5, 0.6) is 17.2 Å². The summed E-state index contributed by atoms with van der Waals surface area (Å²) in [6, 6.07) is 10.1. The summed E-state index contributed by atoms with van der Waals surface area (Å²) in [4.78, 5) is 33.0. The molecule has 9 heteroatoms. The molecule has 4 rings (SSSR count). The minimum absolute atomic E-state index is 0.0802. The predicted octanol–water partition coefficient (Wildman–Crippen LogP) is 4.11. The number of aliphatic hydroxyl groups excluding tert-OH is 1. The van der Waals surface area contributed by atoms with E-state index in [4.69, 9.17) is 9.47 Å². The molecule has 0 radical (unpaired) electrons. The Morgan fingerprint density at radius 1 is 1.06 bits per heavy atom. The number of hydrogen-bond acceptors (Lipinski definition) is 8. The topological polar surface area (TPSA) is 109 Å². The second-order valence-corrected chi connectivity index (χ2v) is 8.65. The number of rotatable bonds is 5. The maximum absolute atomic E-state index is 13.2. The largest absolute Gasteiger partial charge is 0.507 e. The maximum atomic E-state index is 13.2. The molecule has 1 aliphatic heterocycles. The Balaban J connectivity index is 1.95. The normalized spacial score (nSPS) is 17.5. The highest BCUT2D eigenvalue weighted by atomic mass is 32.1. The summed E-state index contributed by atoms with van der Waals surface area (Å²) >= 11 is 1.28. The van der Waals surface area contributed by atoms with Crippen molar-refractivity contribution in [2.45, 2.75) is 19.9 Å². The van der Waals surface area contributed by atoms with Crippen molar-refractivity contribution in [2.24, 2.45) is 0 Å². The number of ketones is 1. The first-order valence-corrected chi connectivity index (χ1v) is 10.8. The standard InChI is InChI=1S/C24H22N2O6S/c1-12-13(2)33-24(25-12)26-20(15-7-10-17(27)18(11-15)32-4)19(22(29)23(26)30)21(28)14-5-8-16(31-3)9-6-14/h5-11,20,27-28H,1-4H3/b21-19-. The monoisotopic (exact) mass is 466 g/mol. The number of phenolic OH excluding ortho intramolecular Hbond substituents is 1. The van der Waals surface area contributed by atoms with Crippen LogP contribution in [-0.4, -0.2) is 41.1 Å². The van der Waals surface area contributed by atoms with Gasteiger partial charge in [-0.1, -0.05) is 6.07 Å². The van der Waals surface area contributed by atoms with E-state index < -0.39 is 17.7 Å². The highest BCUT2D eigenvalue weighted by Gasteiger charge is 2.48. The van der Waals surface area contributed by atoms with Crippen molar-refractivity contribution in [2.75, 3.05) is 19.1 Å². The Hall–Kier alpha value is -3.85. The van der Waals surface area contributed by atoms with Gasteiger partial charge in [0.15, 0.2) is 16.6 Å². The molecule has 2 heterocycles. The molecular formula is C24H22N2O6S. The van der Waals surface area contributed by atoms with Gasteiger partial charge in [0.05, 0.1) is 31.5 Å². The number of phenols is 1. The molecule has 1 unspecified atom stereocenters. The lowest BCUT2D eigenvalue weighted by Gasteiger charge is -2.23. The van der Waals surface area contributed by atoms with E-state index in [9.17, 15) is 19.8 Å². The maximum Gasteiger partial charge on any atom is 0.301 e. The zero-order chi connectivity index (χ0) is 23.9. The van der Waals surface area contributed by atoms with Crippen molar-refractivity contribution < 1.29 is 29.3 Å². The van der Waals surface area contributed by atoms with Crippen molar-refractivity contribution in [1.82, 2.24) is 4.98 Å². The molecule has 0 aliphatic carbocycles. The average molecular weight is 467 g/mol. The first-order valence-electron chi connectivity index (χ1n) is 10.0. The van der Waals surface area contributed by atoms with Crippen molar-refractivity contribution >= 4 is 33.9 Å². The number of ether oxygens (including phenoxy) is 2. The van der Waals surface area contributed by atoms with E-state index >= 15 is 0 Å². The average Bonchev–Trinajstić information content (AvgIpc) is 3.28. The van der Waals surface area contributed by atoms with Crippen LogP contribution < -0.4 is 14.4 Å². The number of carbonyl (C=O) groups is 2. The number of nitrogens with zero attached hydrogens (tertiary/aromatic N) is 2. The van der Waals surface area contributed by atoms with E-state index in [0.29, 0.717) is 22.0 Å². The van der Waals surface area contributed by atoms with Crippen LogP contribution in [0.3, 0.4) is 0 Å². The number of methoxy groups -OCH3 is 2. The second-order valence-electron chi connectivity index (χ2n) is 7.47. The van der Waals surface area contributed by atoms with E-state index in [1.54, 1.807) is 30.3 Å². The molecule has 8 nitrogen and oxygen atoms in total. The number of Topliss-reactive ketones (excluding diaryl/α,β-unsaturated/α-hetero) is 1. The number of hydrogen-bond donors (Lipinski definition) is 2. The highest BCUT2D eigenvalue weighted by molar-refractivity contribution is 7.16. The molecule has 2 aromatic carbocycles. The third-order valence-corrected chi connectivity index (χ3v) is 6.62. The lowest BCUT2D eigenvalue weighted by Crippen LogP contribution is -2.29. The van der Waals surface area contributed by atoms with Gasteiger partial charge < -0.3 is 19.7 Å². The molecule has 33 heavy (non-hydrogen) atoms. The van der Waals surface area contributed by atoms with Crippen LogP contribution in [0.15, 0.2) is 48.0 Å². The molecule has 0 bridgehead atoms. The van der Waals surface area contributed by atoms with E-state index in [1.165, 1.54) is 42.6 Å². The van der Waals surface area contributed by atoms with Crippen molar-refractivity contribution in [3.05, 3.63) is 69.7 Å². The Kier molecular flexibility index (Phi) is 5.82. The number of amides is 1. The molecule has 3 aromatic rings. The molecule has 1 saturated heterocycles. The Bertz CT molecular complexity index is 1260. The predicted molar refractivity (Wildman–Crippen MR) is 124 cm³/mol.